The fourth-order valence-electron chi connectivity index (χ4n) is 2.32. The molecule has 2 rings (SSSR count). The summed E-state index contributed by atoms with van der Waals surface area (Å²) in [7, 11) is 4.40. The summed E-state index contributed by atoms with van der Waals surface area (Å²) in [5.41, 5.74) is 1.73. The molecule has 0 aliphatic heterocycles. The number of hydrogen-bond acceptors (Lipinski definition) is 6. The molecule has 2 aromatic carbocycles. The van der Waals surface area contributed by atoms with Crippen LogP contribution in [0.4, 0.5) is 0 Å². The van der Waals surface area contributed by atoms with E-state index in [1.165, 1.54) is 20.3 Å². The van der Waals surface area contributed by atoms with E-state index in [0.29, 0.717) is 17.9 Å². The molecule has 0 unspecified atom stereocenters. The summed E-state index contributed by atoms with van der Waals surface area (Å²) < 4.78 is 20.3. The van der Waals surface area contributed by atoms with Crippen LogP contribution in [-0.2, 0) is 20.7 Å². The Balaban J connectivity index is 1.97. The van der Waals surface area contributed by atoms with Gasteiger partial charge < -0.3 is 18.9 Å². The second-order valence-corrected chi connectivity index (χ2v) is 5.59. The van der Waals surface area contributed by atoms with Crippen LogP contribution in [0.25, 0.3) is 6.08 Å². The highest BCUT2D eigenvalue weighted by Crippen LogP contribution is 2.29. The van der Waals surface area contributed by atoms with E-state index < -0.39 is 5.97 Å². The predicted octanol–water partition coefficient (Wildman–Crippen LogP) is 3.43. The molecule has 27 heavy (non-hydrogen) atoms. The van der Waals surface area contributed by atoms with Crippen molar-refractivity contribution in [3.8, 4) is 17.2 Å². The zero-order valence-corrected chi connectivity index (χ0v) is 15.6. The van der Waals surface area contributed by atoms with Gasteiger partial charge in [0.25, 0.3) is 0 Å². The molecule has 0 saturated carbocycles. The summed E-state index contributed by atoms with van der Waals surface area (Å²) in [6.45, 7) is 0. The van der Waals surface area contributed by atoms with Crippen molar-refractivity contribution in [1.29, 1.82) is 0 Å². The number of ether oxygens (including phenoxy) is 4. The van der Waals surface area contributed by atoms with Gasteiger partial charge in [-0.3, -0.25) is 4.79 Å². The third-order valence-corrected chi connectivity index (χ3v) is 3.80. The standard InChI is InChI=1S/C21H22O6/c1-24-17-9-4-15(5-10-17)7-13-21(23)27-18-11-6-16(14-19(18)25-2)8-12-20(22)26-3/h4-6,8-12,14H,7,13H2,1-3H3/b12-8+. The molecule has 0 radical (unpaired) electrons. The van der Waals surface area contributed by atoms with Gasteiger partial charge in [-0.1, -0.05) is 18.2 Å². The molecular weight excluding hydrogens is 348 g/mol. The first-order chi connectivity index (χ1) is 13.0. The molecule has 0 saturated heterocycles. The molecule has 2 aromatic rings. The molecule has 0 fully saturated rings. The first-order valence-electron chi connectivity index (χ1n) is 8.33. The molecule has 0 aliphatic rings. The van der Waals surface area contributed by atoms with E-state index in [1.54, 1.807) is 31.4 Å². The minimum absolute atomic E-state index is 0.236. The quantitative estimate of drug-likeness (QED) is 0.403. The first kappa shape index (κ1) is 20.0. The lowest BCUT2D eigenvalue weighted by molar-refractivity contribution is -0.135. The molecule has 0 spiro atoms. The Bertz CT molecular complexity index is 808. The monoisotopic (exact) mass is 370 g/mol. The van der Waals surface area contributed by atoms with Gasteiger partial charge in [0.05, 0.1) is 21.3 Å². The maximum Gasteiger partial charge on any atom is 0.330 e. The van der Waals surface area contributed by atoms with Gasteiger partial charge in [-0.15, -0.1) is 0 Å². The Hall–Kier alpha value is -3.28. The minimum atomic E-state index is -0.456. The zero-order chi connectivity index (χ0) is 19.6. The van der Waals surface area contributed by atoms with Gasteiger partial charge in [0.1, 0.15) is 5.75 Å². The lowest BCUT2D eigenvalue weighted by Crippen LogP contribution is -2.10. The average molecular weight is 370 g/mol. The highest BCUT2D eigenvalue weighted by molar-refractivity contribution is 5.87. The van der Waals surface area contributed by atoms with E-state index >= 15 is 0 Å². The van der Waals surface area contributed by atoms with Crippen LogP contribution in [0.5, 0.6) is 17.2 Å². The number of methoxy groups -OCH3 is 3. The Morgan fingerprint density at radius 1 is 0.926 bits per heavy atom. The van der Waals surface area contributed by atoms with Gasteiger partial charge in [-0.2, -0.15) is 0 Å². The van der Waals surface area contributed by atoms with Crippen LogP contribution in [-0.4, -0.2) is 33.3 Å². The van der Waals surface area contributed by atoms with E-state index in [0.717, 1.165) is 16.9 Å². The molecule has 0 aliphatic carbocycles. The van der Waals surface area contributed by atoms with Crippen molar-refractivity contribution in [2.75, 3.05) is 21.3 Å². The Labute approximate surface area is 158 Å². The lowest BCUT2D eigenvalue weighted by Gasteiger charge is -2.10. The molecule has 0 N–H and O–H groups in total. The number of carbonyl (C=O) groups excluding carboxylic acids is 2. The highest BCUT2D eigenvalue weighted by atomic mass is 16.6. The van der Waals surface area contributed by atoms with E-state index in [-0.39, 0.29) is 12.4 Å². The van der Waals surface area contributed by atoms with Gasteiger partial charge in [-0.25, -0.2) is 4.79 Å². The third kappa shape index (κ3) is 6.18. The fraction of sp³-hybridized carbons (Fsp3) is 0.238. The van der Waals surface area contributed by atoms with Crippen LogP contribution in [0.15, 0.2) is 48.5 Å². The van der Waals surface area contributed by atoms with E-state index in [1.807, 2.05) is 24.3 Å². The van der Waals surface area contributed by atoms with Gasteiger partial charge in [0.2, 0.25) is 0 Å². The van der Waals surface area contributed by atoms with Crippen molar-refractivity contribution in [1.82, 2.24) is 0 Å². The van der Waals surface area contributed by atoms with E-state index in [2.05, 4.69) is 4.74 Å². The molecule has 6 nitrogen and oxygen atoms in total. The van der Waals surface area contributed by atoms with Crippen LogP contribution in [0.3, 0.4) is 0 Å². The van der Waals surface area contributed by atoms with Crippen molar-refractivity contribution in [2.45, 2.75) is 12.8 Å². The average Bonchev–Trinajstić information content (AvgIpc) is 2.71. The van der Waals surface area contributed by atoms with E-state index in [9.17, 15) is 9.59 Å². The Morgan fingerprint density at radius 2 is 1.67 bits per heavy atom. The number of carbonyl (C=O) groups is 2. The summed E-state index contributed by atoms with van der Waals surface area (Å²) in [6.07, 6.45) is 3.68. The summed E-state index contributed by atoms with van der Waals surface area (Å²) in [5, 5.41) is 0. The van der Waals surface area contributed by atoms with Crippen LogP contribution < -0.4 is 14.2 Å². The van der Waals surface area contributed by atoms with Crippen molar-refractivity contribution in [2.24, 2.45) is 0 Å². The van der Waals surface area contributed by atoms with Crippen LogP contribution >= 0.6 is 0 Å². The smallest absolute Gasteiger partial charge is 0.330 e. The van der Waals surface area contributed by atoms with Crippen LogP contribution in [0.1, 0.15) is 17.5 Å². The largest absolute Gasteiger partial charge is 0.497 e. The molecule has 0 atom stereocenters. The van der Waals surface area contributed by atoms with Crippen LogP contribution in [0, 0.1) is 0 Å². The molecule has 142 valence electrons. The number of benzene rings is 2. The summed E-state index contributed by atoms with van der Waals surface area (Å²) in [6, 6.07) is 12.5. The molecule has 6 heteroatoms. The molecule has 0 aromatic heterocycles. The number of esters is 2. The normalized spacial score (nSPS) is 10.5. The third-order valence-electron chi connectivity index (χ3n) is 3.80. The number of hydrogen-bond donors (Lipinski definition) is 0. The highest BCUT2D eigenvalue weighted by Gasteiger charge is 2.11. The topological polar surface area (TPSA) is 71.1 Å². The summed E-state index contributed by atoms with van der Waals surface area (Å²) in [5.74, 6) is 0.685. The Morgan fingerprint density at radius 3 is 2.30 bits per heavy atom. The van der Waals surface area contributed by atoms with Gasteiger partial charge in [0.15, 0.2) is 11.5 Å². The number of aryl methyl sites for hydroxylation is 1. The van der Waals surface area contributed by atoms with Crippen molar-refractivity contribution >= 4 is 18.0 Å². The molecule has 0 amide bonds. The predicted molar refractivity (Wildman–Crippen MR) is 101 cm³/mol. The lowest BCUT2D eigenvalue weighted by atomic mass is 10.1. The van der Waals surface area contributed by atoms with Crippen molar-refractivity contribution < 1.29 is 28.5 Å². The van der Waals surface area contributed by atoms with E-state index in [4.69, 9.17) is 14.2 Å². The second kappa shape index (κ2) is 10.0. The first-order valence-corrected chi connectivity index (χ1v) is 8.33. The fourth-order valence-corrected chi connectivity index (χ4v) is 2.32. The molecule has 0 bridgehead atoms. The number of rotatable bonds is 8. The van der Waals surface area contributed by atoms with Gasteiger partial charge in [-0.05, 0) is 47.9 Å². The van der Waals surface area contributed by atoms with Crippen molar-refractivity contribution in [3.63, 3.8) is 0 Å². The minimum Gasteiger partial charge on any atom is -0.497 e. The maximum absolute atomic E-state index is 12.1. The molecule has 0 heterocycles. The SMILES string of the molecule is COC(=O)/C=C/c1ccc(OC(=O)CCc2ccc(OC)cc2)c(OC)c1. The Kier molecular flexibility index (Phi) is 7.43. The second-order valence-electron chi connectivity index (χ2n) is 5.59. The van der Waals surface area contributed by atoms with Crippen molar-refractivity contribution in [3.05, 3.63) is 59.7 Å². The molecular formula is C21H22O6. The summed E-state index contributed by atoms with van der Waals surface area (Å²) >= 11 is 0. The summed E-state index contributed by atoms with van der Waals surface area (Å²) in [4.78, 5) is 23.3. The van der Waals surface area contributed by atoms with Gasteiger partial charge >= 0.3 is 11.9 Å². The van der Waals surface area contributed by atoms with Crippen LogP contribution in [0.2, 0.25) is 0 Å². The zero-order valence-electron chi connectivity index (χ0n) is 15.6. The van der Waals surface area contributed by atoms with Gasteiger partial charge in [0, 0.05) is 12.5 Å². The maximum atomic E-state index is 12.1.